The number of hydrogen-bond acceptors (Lipinski definition) is 2. The van der Waals surface area contributed by atoms with Crippen LogP contribution in [0.5, 0.6) is 5.75 Å². The summed E-state index contributed by atoms with van der Waals surface area (Å²) in [4.78, 5) is 10.5. The SMILES string of the molecule is COc1c(Cl)cc(Cl)cc1CNC(=O)Cl. The van der Waals surface area contributed by atoms with Gasteiger partial charge in [-0.25, -0.2) is 0 Å². The molecule has 0 fully saturated rings. The van der Waals surface area contributed by atoms with Crippen LogP contribution in [0.4, 0.5) is 4.79 Å². The molecule has 0 atom stereocenters. The van der Waals surface area contributed by atoms with Crippen LogP contribution in [-0.4, -0.2) is 12.5 Å². The molecule has 0 aliphatic rings. The second kappa shape index (κ2) is 5.45. The highest BCUT2D eigenvalue weighted by atomic mass is 35.5. The molecule has 0 aliphatic carbocycles. The standard InChI is InChI=1S/C9H8Cl3NO2/c1-15-8-5(4-13-9(12)14)2-6(10)3-7(8)11/h2-3H,4H2,1H3,(H,13,14). The molecule has 0 saturated heterocycles. The van der Waals surface area contributed by atoms with Gasteiger partial charge in [-0.2, -0.15) is 0 Å². The number of nitrogens with one attached hydrogen (secondary N) is 1. The molecule has 0 bridgehead atoms. The van der Waals surface area contributed by atoms with E-state index in [9.17, 15) is 4.79 Å². The molecular formula is C9H8Cl3NO2. The molecule has 0 unspecified atom stereocenters. The zero-order chi connectivity index (χ0) is 11.4. The lowest BCUT2D eigenvalue weighted by molar-refractivity contribution is 0.259. The van der Waals surface area contributed by atoms with Crippen LogP contribution in [-0.2, 0) is 6.54 Å². The summed E-state index contributed by atoms with van der Waals surface area (Å²) in [6, 6.07) is 3.22. The maximum atomic E-state index is 10.5. The van der Waals surface area contributed by atoms with E-state index >= 15 is 0 Å². The Morgan fingerprint density at radius 3 is 2.67 bits per heavy atom. The predicted octanol–water partition coefficient (Wildman–Crippen LogP) is 3.45. The van der Waals surface area contributed by atoms with Crippen molar-refractivity contribution in [2.24, 2.45) is 0 Å². The van der Waals surface area contributed by atoms with Crippen LogP contribution in [0.3, 0.4) is 0 Å². The van der Waals surface area contributed by atoms with Gasteiger partial charge in [0.25, 0.3) is 0 Å². The number of methoxy groups -OCH3 is 1. The third kappa shape index (κ3) is 3.45. The van der Waals surface area contributed by atoms with Gasteiger partial charge < -0.3 is 10.1 Å². The fourth-order valence-electron chi connectivity index (χ4n) is 1.14. The first-order valence-electron chi connectivity index (χ1n) is 4.00. The summed E-state index contributed by atoms with van der Waals surface area (Å²) in [5.74, 6) is 0.478. The Bertz CT molecular complexity index is 382. The molecule has 3 nitrogen and oxygen atoms in total. The van der Waals surface area contributed by atoms with Crippen molar-refractivity contribution in [1.82, 2.24) is 5.32 Å². The molecule has 1 aromatic rings. The van der Waals surface area contributed by atoms with Crippen molar-refractivity contribution in [3.63, 3.8) is 0 Å². The smallest absolute Gasteiger partial charge is 0.314 e. The highest BCUT2D eigenvalue weighted by Crippen LogP contribution is 2.31. The van der Waals surface area contributed by atoms with Crippen LogP contribution in [0, 0.1) is 0 Å². The minimum Gasteiger partial charge on any atom is -0.495 e. The average Bonchev–Trinajstić information content (AvgIpc) is 2.13. The van der Waals surface area contributed by atoms with Crippen LogP contribution in [0.1, 0.15) is 5.56 Å². The number of carbonyl (C=O) groups excluding carboxylic acids is 1. The first kappa shape index (κ1) is 12.4. The van der Waals surface area contributed by atoms with E-state index in [1.807, 2.05) is 0 Å². The molecular weight excluding hydrogens is 260 g/mol. The van der Waals surface area contributed by atoms with Gasteiger partial charge in [0, 0.05) is 17.1 Å². The van der Waals surface area contributed by atoms with E-state index in [0.717, 1.165) is 0 Å². The van der Waals surface area contributed by atoms with Gasteiger partial charge in [0.05, 0.1) is 12.1 Å². The molecule has 1 aromatic carbocycles. The van der Waals surface area contributed by atoms with Crippen LogP contribution >= 0.6 is 34.8 Å². The number of rotatable bonds is 3. The summed E-state index contributed by atoms with van der Waals surface area (Å²) in [6.45, 7) is 0.214. The third-order valence-electron chi connectivity index (χ3n) is 1.71. The van der Waals surface area contributed by atoms with Crippen molar-refractivity contribution in [3.8, 4) is 5.75 Å². The zero-order valence-electron chi connectivity index (χ0n) is 7.81. The normalized spacial score (nSPS) is 9.87. The van der Waals surface area contributed by atoms with E-state index in [2.05, 4.69) is 5.32 Å². The van der Waals surface area contributed by atoms with E-state index in [1.165, 1.54) is 7.11 Å². The predicted molar refractivity (Wildman–Crippen MR) is 61.1 cm³/mol. The lowest BCUT2D eigenvalue weighted by Crippen LogP contribution is -2.16. The molecule has 0 spiro atoms. The summed E-state index contributed by atoms with van der Waals surface area (Å²) in [7, 11) is 1.49. The summed E-state index contributed by atoms with van der Waals surface area (Å²) in [5.41, 5.74) is 0.670. The quantitative estimate of drug-likeness (QED) is 0.673. The molecule has 0 heterocycles. The van der Waals surface area contributed by atoms with Crippen LogP contribution in [0.25, 0.3) is 0 Å². The highest BCUT2D eigenvalue weighted by Gasteiger charge is 2.10. The Balaban J connectivity index is 2.98. The number of carbonyl (C=O) groups is 1. The Labute approximate surface area is 102 Å². The monoisotopic (exact) mass is 267 g/mol. The number of amides is 1. The van der Waals surface area contributed by atoms with Gasteiger partial charge in [-0.3, -0.25) is 4.79 Å². The second-order valence-corrected chi connectivity index (χ2v) is 3.89. The topological polar surface area (TPSA) is 38.3 Å². The second-order valence-electron chi connectivity index (χ2n) is 2.71. The summed E-state index contributed by atoms with van der Waals surface area (Å²) >= 11 is 16.8. The fraction of sp³-hybridized carbons (Fsp3) is 0.222. The molecule has 1 rings (SSSR count). The van der Waals surface area contributed by atoms with Gasteiger partial charge in [0.15, 0.2) is 0 Å². The van der Waals surface area contributed by atoms with Crippen molar-refractivity contribution in [1.29, 1.82) is 0 Å². The van der Waals surface area contributed by atoms with Crippen molar-refractivity contribution in [2.45, 2.75) is 6.54 Å². The van der Waals surface area contributed by atoms with Crippen molar-refractivity contribution in [2.75, 3.05) is 7.11 Å². The van der Waals surface area contributed by atoms with E-state index in [1.54, 1.807) is 12.1 Å². The lowest BCUT2D eigenvalue weighted by Gasteiger charge is -2.10. The lowest BCUT2D eigenvalue weighted by atomic mass is 10.2. The van der Waals surface area contributed by atoms with Gasteiger partial charge in [0.1, 0.15) is 5.75 Å². The maximum Gasteiger partial charge on any atom is 0.314 e. The van der Waals surface area contributed by atoms with Crippen molar-refractivity contribution >= 4 is 40.2 Å². The molecule has 0 aliphatic heterocycles. The van der Waals surface area contributed by atoms with E-state index in [-0.39, 0.29) is 6.54 Å². The molecule has 1 amide bonds. The first-order chi connectivity index (χ1) is 7.04. The number of halogens is 3. The Kier molecular flexibility index (Phi) is 4.51. The first-order valence-corrected chi connectivity index (χ1v) is 5.13. The molecule has 15 heavy (non-hydrogen) atoms. The van der Waals surface area contributed by atoms with Crippen LogP contribution in [0.15, 0.2) is 12.1 Å². The Morgan fingerprint density at radius 1 is 1.47 bits per heavy atom. The van der Waals surface area contributed by atoms with E-state index < -0.39 is 5.37 Å². The van der Waals surface area contributed by atoms with Gasteiger partial charge in [0.2, 0.25) is 0 Å². The molecule has 1 N–H and O–H groups in total. The Morgan fingerprint density at radius 2 is 2.13 bits per heavy atom. The van der Waals surface area contributed by atoms with Gasteiger partial charge in [-0.05, 0) is 23.7 Å². The van der Waals surface area contributed by atoms with Crippen LogP contribution < -0.4 is 10.1 Å². The molecule has 0 saturated carbocycles. The van der Waals surface area contributed by atoms with Crippen molar-refractivity contribution < 1.29 is 9.53 Å². The number of ether oxygens (including phenoxy) is 1. The number of benzene rings is 1. The van der Waals surface area contributed by atoms with Gasteiger partial charge >= 0.3 is 5.37 Å². The minimum atomic E-state index is -0.645. The zero-order valence-corrected chi connectivity index (χ0v) is 10.1. The Hall–Kier alpha value is -0.640. The maximum absolute atomic E-state index is 10.5. The van der Waals surface area contributed by atoms with Crippen molar-refractivity contribution in [3.05, 3.63) is 27.7 Å². The summed E-state index contributed by atoms with van der Waals surface area (Å²) in [5, 5.41) is 2.64. The largest absolute Gasteiger partial charge is 0.495 e. The number of hydrogen-bond donors (Lipinski definition) is 1. The van der Waals surface area contributed by atoms with Gasteiger partial charge in [-0.15, -0.1) is 0 Å². The van der Waals surface area contributed by atoms with Gasteiger partial charge in [-0.1, -0.05) is 23.2 Å². The molecule has 0 aromatic heterocycles. The average molecular weight is 269 g/mol. The highest BCUT2D eigenvalue weighted by molar-refractivity contribution is 6.62. The van der Waals surface area contributed by atoms with E-state index in [4.69, 9.17) is 39.5 Å². The third-order valence-corrected chi connectivity index (χ3v) is 2.34. The summed E-state index contributed by atoms with van der Waals surface area (Å²) < 4.78 is 5.08. The molecule has 82 valence electrons. The molecule has 0 radical (unpaired) electrons. The molecule has 6 heteroatoms. The summed E-state index contributed by atoms with van der Waals surface area (Å²) in [6.07, 6.45) is 0. The van der Waals surface area contributed by atoms with E-state index in [0.29, 0.717) is 21.4 Å². The minimum absolute atomic E-state index is 0.214. The fourth-order valence-corrected chi connectivity index (χ4v) is 1.82. The van der Waals surface area contributed by atoms with Crippen LogP contribution in [0.2, 0.25) is 10.0 Å².